The van der Waals surface area contributed by atoms with E-state index in [0.717, 1.165) is 4.90 Å². The second kappa shape index (κ2) is 12.1. The molecule has 2 rings (SSSR count). The lowest BCUT2D eigenvalue weighted by atomic mass is 10.3. The van der Waals surface area contributed by atoms with E-state index in [9.17, 15) is 13.2 Å². The lowest BCUT2D eigenvalue weighted by molar-refractivity contribution is -0.274. The van der Waals surface area contributed by atoms with Gasteiger partial charge in [0.1, 0.15) is 22.6 Å². The molecule has 2 aromatic rings. The third kappa shape index (κ3) is 9.35. The molecule has 0 aliphatic carbocycles. The lowest BCUT2D eigenvalue weighted by Crippen LogP contribution is -2.16. The predicted molar refractivity (Wildman–Crippen MR) is 116 cm³/mol. The molecule has 164 valence electrons. The summed E-state index contributed by atoms with van der Waals surface area (Å²) < 4.78 is 51.4. The Kier molecular flexibility index (Phi) is 10.1. The molecule has 0 aliphatic rings. The van der Waals surface area contributed by atoms with Crippen LogP contribution in [0.25, 0.3) is 0 Å². The molecule has 0 aromatic heterocycles. The third-order valence-corrected chi connectivity index (χ3v) is 5.29. The molecule has 0 unspecified atom stereocenters. The Bertz CT molecular complexity index is 834. The first-order chi connectivity index (χ1) is 14.1. The van der Waals surface area contributed by atoms with Crippen LogP contribution in [0.3, 0.4) is 0 Å². The van der Waals surface area contributed by atoms with E-state index in [-0.39, 0.29) is 16.8 Å². The van der Waals surface area contributed by atoms with Crippen molar-refractivity contribution in [2.45, 2.75) is 17.7 Å². The van der Waals surface area contributed by atoms with Crippen LogP contribution in [0, 0.1) is 0 Å². The Morgan fingerprint density at radius 1 is 0.967 bits per heavy atom. The van der Waals surface area contributed by atoms with Gasteiger partial charge >= 0.3 is 6.36 Å². The van der Waals surface area contributed by atoms with Crippen molar-refractivity contribution in [3.8, 4) is 17.2 Å². The highest BCUT2D eigenvalue weighted by Gasteiger charge is 2.30. The van der Waals surface area contributed by atoms with Crippen LogP contribution in [0.15, 0.2) is 51.9 Å². The molecule has 2 aromatic carbocycles. The zero-order valence-corrected chi connectivity index (χ0v) is 19.0. The van der Waals surface area contributed by atoms with Gasteiger partial charge in [0.2, 0.25) is 0 Å². The minimum absolute atomic E-state index is 0.0931. The number of ether oxygens (including phenoxy) is 3. The van der Waals surface area contributed by atoms with Gasteiger partial charge in [0.15, 0.2) is 5.75 Å². The molecule has 0 radical (unpaired) electrons. The fourth-order valence-corrected chi connectivity index (χ4v) is 3.65. The molecule has 3 nitrogen and oxygen atoms in total. The van der Waals surface area contributed by atoms with Gasteiger partial charge < -0.3 is 14.2 Å². The van der Waals surface area contributed by atoms with Gasteiger partial charge in [-0.05, 0) is 36.8 Å². The summed E-state index contributed by atoms with van der Waals surface area (Å²) in [6.45, 7) is 0.516. The summed E-state index contributed by atoms with van der Waals surface area (Å²) in [7, 11) is 0. The van der Waals surface area contributed by atoms with Crippen molar-refractivity contribution in [1.29, 1.82) is 0 Å². The van der Waals surface area contributed by atoms with Gasteiger partial charge in [-0.3, -0.25) is 0 Å². The molecule has 0 aliphatic heterocycles. The maximum atomic E-state index is 12.2. The van der Waals surface area contributed by atoms with Gasteiger partial charge in [0, 0.05) is 22.8 Å². The highest BCUT2D eigenvalue weighted by molar-refractivity contribution is 7.99. The molecule has 30 heavy (non-hydrogen) atoms. The van der Waals surface area contributed by atoms with E-state index < -0.39 is 6.36 Å². The number of alkyl halides is 3. The smallest absolute Gasteiger partial charge is 0.490 e. The second-order valence-corrected chi connectivity index (χ2v) is 8.58. The van der Waals surface area contributed by atoms with Crippen molar-refractivity contribution in [2.75, 3.05) is 19.0 Å². The summed E-state index contributed by atoms with van der Waals surface area (Å²) in [5, 5.41) is 0.595. The topological polar surface area (TPSA) is 27.7 Å². The second-order valence-electron chi connectivity index (χ2n) is 5.59. The summed E-state index contributed by atoms with van der Waals surface area (Å²) in [4.78, 5) is 0.813. The van der Waals surface area contributed by atoms with Crippen LogP contribution in [0.4, 0.5) is 13.2 Å². The minimum Gasteiger partial charge on any atom is -0.490 e. The van der Waals surface area contributed by atoms with E-state index in [1.807, 2.05) is 0 Å². The molecule has 0 atom stereocenters. The Morgan fingerprint density at radius 2 is 1.60 bits per heavy atom. The average molecular weight is 522 g/mol. The van der Waals surface area contributed by atoms with Crippen molar-refractivity contribution in [3.05, 3.63) is 57.0 Å². The van der Waals surface area contributed by atoms with Gasteiger partial charge in [-0.15, -0.1) is 24.9 Å². The molecule has 0 heterocycles. The molecule has 0 amide bonds. The Hall–Kier alpha value is -1.12. The van der Waals surface area contributed by atoms with Crippen LogP contribution in [0.1, 0.15) is 6.42 Å². The number of hydrogen-bond acceptors (Lipinski definition) is 4. The summed E-state index contributed by atoms with van der Waals surface area (Å²) >= 11 is 24.9. The molecule has 0 fully saturated rings. The highest BCUT2D eigenvalue weighted by atomic mass is 35.5. The zero-order chi connectivity index (χ0) is 22.1. The first-order valence-corrected chi connectivity index (χ1v) is 10.9. The van der Waals surface area contributed by atoms with Gasteiger partial charge in [-0.1, -0.05) is 46.4 Å². The van der Waals surface area contributed by atoms with Crippen molar-refractivity contribution in [2.24, 2.45) is 0 Å². The molecule has 0 N–H and O–H groups in total. The molecule has 0 saturated heterocycles. The normalized spacial score (nSPS) is 11.2. The van der Waals surface area contributed by atoms with Crippen LogP contribution in [-0.4, -0.2) is 25.3 Å². The Morgan fingerprint density at radius 3 is 2.17 bits per heavy atom. The number of thioether (sulfide) groups is 1. The maximum Gasteiger partial charge on any atom is 0.573 e. The van der Waals surface area contributed by atoms with E-state index in [1.165, 1.54) is 30.0 Å². The molecular formula is C19H15Cl4F3O3S. The highest BCUT2D eigenvalue weighted by Crippen LogP contribution is 2.37. The van der Waals surface area contributed by atoms with Crippen LogP contribution in [0.2, 0.25) is 10.0 Å². The monoisotopic (exact) mass is 520 g/mol. The van der Waals surface area contributed by atoms with E-state index in [2.05, 4.69) is 4.74 Å². The van der Waals surface area contributed by atoms with Gasteiger partial charge in [-0.2, -0.15) is 0 Å². The largest absolute Gasteiger partial charge is 0.573 e. The number of rotatable bonds is 10. The van der Waals surface area contributed by atoms with Gasteiger partial charge in [-0.25, -0.2) is 0 Å². The van der Waals surface area contributed by atoms with E-state index in [1.54, 1.807) is 24.3 Å². The predicted octanol–water partition coefficient (Wildman–Crippen LogP) is 8.15. The van der Waals surface area contributed by atoms with E-state index in [4.69, 9.17) is 55.9 Å². The van der Waals surface area contributed by atoms with Crippen LogP contribution >= 0.6 is 58.2 Å². The van der Waals surface area contributed by atoms with Gasteiger partial charge in [0.25, 0.3) is 0 Å². The molecule has 0 saturated carbocycles. The SMILES string of the molecule is FC(F)(F)Oc1ccc(SCCCOc2c(Cl)cc(OCC=C(Cl)Cl)cc2Cl)cc1. The quantitative estimate of drug-likeness (QED) is 0.233. The number of hydrogen-bond donors (Lipinski definition) is 0. The Balaban J connectivity index is 1.77. The van der Waals surface area contributed by atoms with Crippen molar-refractivity contribution < 1.29 is 27.4 Å². The Labute approximate surface area is 196 Å². The third-order valence-electron chi connectivity index (χ3n) is 3.32. The number of halogens is 7. The molecule has 11 heteroatoms. The van der Waals surface area contributed by atoms with Crippen molar-refractivity contribution >= 4 is 58.2 Å². The first kappa shape index (κ1) is 25.1. The van der Waals surface area contributed by atoms with Crippen LogP contribution in [0.5, 0.6) is 17.2 Å². The summed E-state index contributed by atoms with van der Waals surface area (Å²) in [6, 6.07) is 8.80. The van der Waals surface area contributed by atoms with Crippen LogP contribution in [-0.2, 0) is 0 Å². The average Bonchev–Trinajstić information content (AvgIpc) is 2.63. The van der Waals surface area contributed by atoms with Crippen LogP contribution < -0.4 is 14.2 Å². The summed E-state index contributed by atoms with van der Waals surface area (Å²) in [6.07, 6.45) is -2.56. The standard InChI is InChI=1S/C19H15Cl4F3O3S/c20-15-10-13(27-8-6-17(22)23)11-16(21)18(15)28-7-1-9-30-14-4-2-12(3-5-14)29-19(24,25)26/h2-6,10-11H,1,7-9H2. The fraction of sp³-hybridized carbons (Fsp3) is 0.263. The minimum atomic E-state index is -4.70. The number of benzene rings is 2. The zero-order valence-electron chi connectivity index (χ0n) is 15.1. The summed E-state index contributed by atoms with van der Waals surface area (Å²) in [5.74, 6) is 1.21. The van der Waals surface area contributed by atoms with E-state index in [0.29, 0.717) is 40.3 Å². The first-order valence-electron chi connectivity index (χ1n) is 8.38. The molecule has 0 bridgehead atoms. The lowest BCUT2D eigenvalue weighted by Gasteiger charge is -2.12. The fourth-order valence-electron chi connectivity index (χ4n) is 2.12. The van der Waals surface area contributed by atoms with Gasteiger partial charge in [0.05, 0.1) is 16.7 Å². The van der Waals surface area contributed by atoms with E-state index >= 15 is 0 Å². The summed E-state index contributed by atoms with van der Waals surface area (Å²) in [5.41, 5.74) is 0. The molecule has 0 spiro atoms. The van der Waals surface area contributed by atoms with Crippen molar-refractivity contribution in [3.63, 3.8) is 0 Å². The van der Waals surface area contributed by atoms with Crippen molar-refractivity contribution in [1.82, 2.24) is 0 Å². The molecular weight excluding hydrogens is 507 g/mol. The maximum absolute atomic E-state index is 12.2.